The summed E-state index contributed by atoms with van der Waals surface area (Å²) < 4.78 is 10.4. The van der Waals surface area contributed by atoms with Gasteiger partial charge in [-0.25, -0.2) is 4.79 Å². The summed E-state index contributed by atoms with van der Waals surface area (Å²) in [5.74, 6) is -0.653. The van der Waals surface area contributed by atoms with Crippen molar-refractivity contribution in [2.45, 2.75) is 29.2 Å². The highest BCUT2D eigenvalue weighted by molar-refractivity contribution is 8.00. The molecule has 1 aromatic rings. The zero-order chi connectivity index (χ0) is 14.5. The molecule has 0 spiro atoms. The first kappa shape index (κ1) is 14.9. The van der Waals surface area contributed by atoms with Crippen LogP contribution >= 0.6 is 11.8 Å². The molecule has 0 bridgehead atoms. The van der Waals surface area contributed by atoms with Gasteiger partial charge in [-0.2, -0.15) is 0 Å². The van der Waals surface area contributed by atoms with Crippen molar-refractivity contribution >= 4 is 23.6 Å². The van der Waals surface area contributed by atoms with Gasteiger partial charge in [-0.15, -0.1) is 11.8 Å². The van der Waals surface area contributed by atoms with Gasteiger partial charge < -0.3 is 14.8 Å². The van der Waals surface area contributed by atoms with E-state index in [0.717, 1.165) is 4.90 Å². The molecule has 20 heavy (non-hydrogen) atoms. The van der Waals surface area contributed by atoms with E-state index in [2.05, 4.69) is 5.32 Å². The number of amides is 1. The largest absolute Gasteiger partial charge is 0.457 e. The standard InChI is InChI=1S/C14H17NO4S/c1-9(16)15-12-13(11(8-18-2)19-14(12)17)20-10-6-4-3-5-7-10/h3-7,11-13H,8H2,1-2H3,(H,15,16)/t11-,12+,13-/m1/s1. The molecule has 5 nitrogen and oxygen atoms in total. The van der Waals surface area contributed by atoms with Gasteiger partial charge in [0.25, 0.3) is 0 Å². The van der Waals surface area contributed by atoms with Crippen molar-refractivity contribution in [2.24, 2.45) is 0 Å². The van der Waals surface area contributed by atoms with Crippen molar-refractivity contribution in [2.75, 3.05) is 13.7 Å². The van der Waals surface area contributed by atoms with Crippen LogP contribution in [0.1, 0.15) is 6.92 Å². The van der Waals surface area contributed by atoms with Crippen LogP contribution in [-0.2, 0) is 19.1 Å². The molecule has 1 aromatic carbocycles. The number of methoxy groups -OCH3 is 1. The molecule has 1 amide bonds. The highest BCUT2D eigenvalue weighted by Gasteiger charge is 2.45. The Morgan fingerprint density at radius 3 is 2.70 bits per heavy atom. The van der Waals surface area contributed by atoms with Crippen molar-refractivity contribution < 1.29 is 19.1 Å². The highest BCUT2D eigenvalue weighted by Crippen LogP contribution is 2.33. The topological polar surface area (TPSA) is 64.6 Å². The second-order valence-electron chi connectivity index (χ2n) is 4.50. The van der Waals surface area contributed by atoms with Gasteiger partial charge in [0.05, 0.1) is 11.9 Å². The molecule has 1 heterocycles. The lowest BCUT2D eigenvalue weighted by atomic mass is 10.1. The summed E-state index contributed by atoms with van der Waals surface area (Å²) in [6.45, 7) is 1.70. The van der Waals surface area contributed by atoms with Crippen LogP contribution in [0.2, 0.25) is 0 Å². The Kier molecular flexibility index (Phi) is 5.03. The number of ether oxygens (including phenoxy) is 2. The predicted molar refractivity (Wildman–Crippen MR) is 75.4 cm³/mol. The fourth-order valence-electron chi connectivity index (χ4n) is 2.09. The molecule has 108 valence electrons. The first-order chi connectivity index (χ1) is 9.61. The summed E-state index contributed by atoms with van der Waals surface area (Å²) in [5, 5.41) is 2.46. The lowest BCUT2D eigenvalue weighted by Gasteiger charge is -2.20. The number of thioether (sulfide) groups is 1. The van der Waals surface area contributed by atoms with E-state index in [-0.39, 0.29) is 17.3 Å². The maximum absolute atomic E-state index is 11.9. The van der Waals surface area contributed by atoms with Gasteiger partial charge >= 0.3 is 5.97 Å². The van der Waals surface area contributed by atoms with Gasteiger partial charge in [-0.1, -0.05) is 18.2 Å². The van der Waals surface area contributed by atoms with Crippen molar-refractivity contribution in [1.82, 2.24) is 5.32 Å². The molecule has 0 unspecified atom stereocenters. The number of hydrogen-bond donors (Lipinski definition) is 1. The van der Waals surface area contributed by atoms with Crippen LogP contribution in [0.15, 0.2) is 35.2 Å². The lowest BCUT2D eigenvalue weighted by Crippen LogP contribution is -2.44. The fourth-order valence-corrected chi connectivity index (χ4v) is 3.32. The summed E-state index contributed by atoms with van der Waals surface area (Å²) in [6, 6.07) is 9.07. The van der Waals surface area contributed by atoms with E-state index in [1.165, 1.54) is 18.7 Å². The van der Waals surface area contributed by atoms with Gasteiger partial charge in [-0.05, 0) is 12.1 Å². The Bertz CT molecular complexity index is 479. The van der Waals surface area contributed by atoms with Crippen LogP contribution in [0, 0.1) is 0 Å². The Morgan fingerprint density at radius 2 is 2.10 bits per heavy atom. The van der Waals surface area contributed by atoms with E-state index in [1.807, 2.05) is 30.3 Å². The third kappa shape index (κ3) is 3.52. The summed E-state index contributed by atoms with van der Waals surface area (Å²) >= 11 is 1.51. The molecule has 1 aliphatic heterocycles. The van der Waals surface area contributed by atoms with Gasteiger partial charge in [0.15, 0.2) is 0 Å². The summed E-state index contributed by atoms with van der Waals surface area (Å²) in [7, 11) is 1.56. The highest BCUT2D eigenvalue weighted by atomic mass is 32.2. The van der Waals surface area contributed by atoms with E-state index in [1.54, 1.807) is 7.11 Å². The predicted octanol–water partition coefficient (Wildman–Crippen LogP) is 1.22. The molecular weight excluding hydrogens is 278 g/mol. The molecule has 3 atom stereocenters. The second kappa shape index (κ2) is 6.76. The first-order valence-electron chi connectivity index (χ1n) is 6.30. The van der Waals surface area contributed by atoms with E-state index in [9.17, 15) is 9.59 Å². The number of cyclic esters (lactones) is 1. The number of nitrogens with one attached hydrogen (secondary N) is 1. The van der Waals surface area contributed by atoms with E-state index in [4.69, 9.17) is 9.47 Å². The van der Waals surface area contributed by atoms with Crippen LogP contribution in [0.3, 0.4) is 0 Å². The molecule has 0 aromatic heterocycles. The van der Waals surface area contributed by atoms with Crippen molar-refractivity contribution in [3.05, 3.63) is 30.3 Å². The summed E-state index contributed by atoms with van der Waals surface area (Å²) in [5.41, 5.74) is 0. The number of carbonyl (C=O) groups excluding carboxylic acids is 2. The third-order valence-corrected chi connectivity index (χ3v) is 4.31. The smallest absolute Gasteiger partial charge is 0.330 e. The van der Waals surface area contributed by atoms with Crippen molar-refractivity contribution in [3.8, 4) is 0 Å². The maximum atomic E-state index is 11.9. The SMILES string of the molecule is COC[C@H]1OC(=O)[C@@H](NC(C)=O)[C@@H]1Sc1ccccc1. The minimum Gasteiger partial charge on any atom is -0.457 e. The van der Waals surface area contributed by atoms with E-state index < -0.39 is 12.0 Å². The van der Waals surface area contributed by atoms with Gasteiger partial charge in [0.1, 0.15) is 12.1 Å². The number of hydrogen-bond acceptors (Lipinski definition) is 5. The van der Waals surface area contributed by atoms with Crippen molar-refractivity contribution in [3.63, 3.8) is 0 Å². The molecule has 2 rings (SSSR count). The first-order valence-corrected chi connectivity index (χ1v) is 7.18. The average molecular weight is 295 g/mol. The van der Waals surface area contributed by atoms with Crippen LogP contribution in [0.25, 0.3) is 0 Å². The number of rotatable bonds is 5. The molecule has 0 radical (unpaired) electrons. The minimum atomic E-state index is -0.641. The lowest BCUT2D eigenvalue weighted by molar-refractivity contribution is -0.145. The average Bonchev–Trinajstić information content (AvgIpc) is 2.68. The zero-order valence-electron chi connectivity index (χ0n) is 11.4. The Hall–Kier alpha value is -1.53. The molecule has 6 heteroatoms. The quantitative estimate of drug-likeness (QED) is 0.828. The molecule has 1 N–H and O–H groups in total. The van der Waals surface area contributed by atoms with Crippen LogP contribution in [0.4, 0.5) is 0 Å². The van der Waals surface area contributed by atoms with Gasteiger partial charge in [0, 0.05) is 18.9 Å². The second-order valence-corrected chi connectivity index (χ2v) is 5.76. The number of esters is 1. The van der Waals surface area contributed by atoms with Crippen molar-refractivity contribution in [1.29, 1.82) is 0 Å². The van der Waals surface area contributed by atoms with Gasteiger partial charge in [-0.3, -0.25) is 4.79 Å². The summed E-state index contributed by atoms with van der Waals surface area (Å²) in [4.78, 5) is 24.2. The molecule has 0 saturated carbocycles. The Morgan fingerprint density at radius 1 is 1.40 bits per heavy atom. The minimum absolute atomic E-state index is 0.200. The monoisotopic (exact) mass is 295 g/mol. The van der Waals surface area contributed by atoms with Crippen LogP contribution in [-0.4, -0.2) is 43.0 Å². The van der Waals surface area contributed by atoms with E-state index in [0.29, 0.717) is 6.61 Å². The Labute approximate surface area is 122 Å². The van der Waals surface area contributed by atoms with Crippen LogP contribution < -0.4 is 5.32 Å². The van der Waals surface area contributed by atoms with E-state index >= 15 is 0 Å². The number of carbonyl (C=O) groups is 2. The molecule has 1 fully saturated rings. The number of benzene rings is 1. The molecular formula is C14H17NO4S. The molecule has 1 saturated heterocycles. The fraction of sp³-hybridized carbons (Fsp3) is 0.429. The normalized spacial score (nSPS) is 25.3. The Balaban J connectivity index is 2.17. The summed E-state index contributed by atoms with van der Waals surface area (Å²) in [6.07, 6.45) is -0.366. The maximum Gasteiger partial charge on any atom is 0.330 e. The zero-order valence-corrected chi connectivity index (χ0v) is 12.2. The molecule has 1 aliphatic rings. The molecule has 0 aliphatic carbocycles. The van der Waals surface area contributed by atoms with Gasteiger partial charge in [0.2, 0.25) is 5.91 Å². The van der Waals surface area contributed by atoms with Crippen LogP contribution in [0.5, 0.6) is 0 Å². The third-order valence-electron chi connectivity index (χ3n) is 2.92.